The zero-order valence-electron chi connectivity index (χ0n) is 11.6. The molecule has 5 heteroatoms. The lowest BCUT2D eigenvalue weighted by molar-refractivity contribution is 0.652. The molecular formula is C16H16N4S. The van der Waals surface area contributed by atoms with Gasteiger partial charge in [0, 0.05) is 38.1 Å². The highest BCUT2D eigenvalue weighted by Crippen LogP contribution is 2.23. The monoisotopic (exact) mass is 296 g/mol. The first-order valence-electron chi connectivity index (χ1n) is 6.96. The minimum atomic E-state index is 0.514. The summed E-state index contributed by atoms with van der Waals surface area (Å²) < 4.78 is 0.514. The number of anilines is 2. The van der Waals surface area contributed by atoms with Crippen molar-refractivity contribution < 1.29 is 0 Å². The highest BCUT2D eigenvalue weighted by Gasteiger charge is 2.19. The van der Waals surface area contributed by atoms with E-state index in [1.807, 2.05) is 18.3 Å². The van der Waals surface area contributed by atoms with Gasteiger partial charge in [-0.15, -0.1) is 0 Å². The third-order valence-electron chi connectivity index (χ3n) is 3.79. The molecule has 106 valence electrons. The molecule has 0 saturated carbocycles. The number of nitriles is 1. The van der Waals surface area contributed by atoms with Gasteiger partial charge in [-0.25, -0.2) is 0 Å². The van der Waals surface area contributed by atoms with Gasteiger partial charge in [-0.2, -0.15) is 5.26 Å². The summed E-state index contributed by atoms with van der Waals surface area (Å²) in [6, 6.07) is 14.6. The first kappa shape index (κ1) is 13.7. The number of hydrogen-bond acceptors (Lipinski definition) is 4. The van der Waals surface area contributed by atoms with E-state index in [1.165, 1.54) is 5.69 Å². The van der Waals surface area contributed by atoms with E-state index in [1.54, 1.807) is 0 Å². The maximum atomic E-state index is 9.29. The molecule has 3 rings (SSSR count). The summed E-state index contributed by atoms with van der Waals surface area (Å²) in [5, 5.41) is 9.29. The Morgan fingerprint density at radius 2 is 1.67 bits per heavy atom. The zero-order valence-corrected chi connectivity index (χ0v) is 12.4. The fourth-order valence-electron chi connectivity index (χ4n) is 2.68. The molecule has 1 aliphatic heterocycles. The van der Waals surface area contributed by atoms with Gasteiger partial charge in [0.05, 0.1) is 5.69 Å². The van der Waals surface area contributed by atoms with Crippen LogP contribution in [0.5, 0.6) is 0 Å². The Hall–Kier alpha value is -2.32. The largest absolute Gasteiger partial charge is 0.368 e. The van der Waals surface area contributed by atoms with Gasteiger partial charge in [0.25, 0.3) is 0 Å². The van der Waals surface area contributed by atoms with Gasteiger partial charge in [0.1, 0.15) is 16.3 Å². The standard InChI is InChI=1S/C16H16N4S/c17-12-14-15(6-7-18-16(14)21)20-10-8-19(9-11-20)13-4-2-1-3-5-13/h1-7H,8-11H2,(H,18,21). The van der Waals surface area contributed by atoms with Crippen LogP contribution >= 0.6 is 12.2 Å². The molecular weight excluding hydrogens is 280 g/mol. The average Bonchev–Trinajstić information content (AvgIpc) is 2.55. The van der Waals surface area contributed by atoms with Crippen molar-refractivity contribution in [3.05, 3.63) is 52.8 Å². The van der Waals surface area contributed by atoms with Crippen LogP contribution in [0, 0.1) is 16.0 Å². The van der Waals surface area contributed by atoms with Crippen molar-refractivity contribution in [3.8, 4) is 6.07 Å². The van der Waals surface area contributed by atoms with E-state index in [0.717, 1.165) is 31.9 Å². The number of aromatic amines is 1. The highest BCUT2D eigenvalue weighted by molar-refractivity contribution is 7.71. The molecule has 1 fully saturated rings. The van der Waals surface area contributed by atoms with Crippen molar-refractivity contribution in [2.45, 2.75) is 0 Å². The summed E-state index contributed by atoms with van der Waals surface area (Å²) in [4.78, 5) is 7.53. The molecule has 0 aliphatic carbocycles. The lowest BCUT2D eigenvalue weighted by Gasteiger charge is -2.37. The minimum absolute atomic E-state index is 0.514. The Morgan fingerprint density at radius 3 is 2.33 bits per heavy atom. The molecule has 2 aromatic rings. The number of H-pyrrole nitrogens is 1. The predicted octanol–water partition coefficient (Wildman–Crippen LogP) is 2.94. The van der Waals surface area contributed by atoms with E-state index in [4.69, 9.17) is 12.2 Å². The summed E-state index contributed by atoms with van der Waals surface area (Å²) in [5.74, 6) is 0. The van der Waals surface area contributed by atoms with Gasteiger partial charge in [0.15, 0.2) is 0 Å². The molecule has 1 saturated heterocycles. The molecule has 4 nitrogen and oxygen atoms in total. The minimum Gasteiger partial charge on any atom is -0.368 e. The average molecular weight is 296 g/mol. The summed E-state index contributed by atoms with van der Waals surface area (Å²) in [6.07, 6.45) is 1.81. The van der Waals surface area contributed by atoms with E-state index >= 15 is 0 Å². The third kappa shape index (κ3) is 2.76. The second kappa shape index (κ2) is 5.98. The van der Waals surface area contributed by atoms with Crippen LogP contribution in [0.2, 0.25) is 0 Å². The van der Waals surface area contributed by atoms with Gasteiger partial charge in [-0.3, -0.25) is 0 Å². The van der Waals surface area contributed by atoms with Crippen LogP contribution in [0.15, 0.2) is 42.6 Å². The second-order valence-electron chi connectivity index (χ2n) is 4.99. The number of pyridine rings is 1. The van der Waals surface area contributed by atoms with E-state index in [9.17, 15) is 5.26 Å². The molecule has 0 atom stereocenters. The molecule has 1 aliphatic rings. The molecule has 1 N–H and O–H groups in total. The Morgan fingerprint density at radius 1 is 1.00 bits per heavy atom. The van der Waals surface area contributed by atoms with E-state index < -0.39 is 0 Å². The summed E-state index contributed by atoms with van der Waals surface area (Å²) in [6.45, 7) is 3.67. The van der Waals surface area contributed by atoms with Crippen molar-refractivity contribution >= 4 is 23.6 Å². The molecule has 1 aromatic heterocycles. The number of aromatic nitrogens is 1. The molecule has 1 aromatic carbocycles. The Labute approximate surface area is 129 Å². The number of piperazine rings is 1. The van der Waals surface area contributed by atoms with Gasteiger partial charge in [-0.05, 0) is 18.2 Å². The molecule has 21 heavy (non-hydrogen) atoms. The maximum Gasteiger partial charge on any atom is 0.123 e. The maximum absolute atomic E-state index is 9.29. The topological polar surface area (TPSA) is 46.1 Å². The van der Waals surface area contributed by atoms with Gasteiger partial charge >= 0.3 is 0 Å². The number of para-hydroxylation sites is 1. The fourth-order valence-corrected chi connectivity index (χ4v) is 2.90. The lowest BCUT2D eigenvalue weighted by Crippen LogP contribution is -2.46. The number of nitrogens with zero attached hydrogens (tertiary/aromatic N) is 3. The SMILES string of the molecule is N#Cc1c(N2CCN(c3ccccc3)CC2)cc[nH]c1=S. The predicted molar refractivity (Wildman–Crippen MR) is 87.2 cm³/mol. The van der Waals surface area contributed by atoms with E-state index in [2.05, 4.69) is 45.1 Å². The number of nitrogens with one attached hydrogen (secondary N) is 1. The quantitative estimate of drug-likeness (QED) is 0.866. The Bertz CT molecular complexity index is 709. The molecule has 0 radical (unpaired) electrons. The molecule has 0 amide bonds. The lowest BCUT2D eigenvalue weighted by atomic mass is 10.2. The zero-order chi connectivity index (χ0) is 14.7. The normalized spacial score (nSPS) is 14.8. The van der Waals surface area contributed by atoms with Crippen molar-refractivity contribution in [2.75, 3.05) is 36.0 Å². The van der Waals surface area contributed by atoms with Gasteiger partial charge < -0.3 is 14.8 Å². The van der Waals surface area contributed by atoms with Crippen LogP contribution in [0.1, 0.15) is 5.56 Å². The Balaban J connectivity index is 1.77. The van der Waals surface area contributed by atoms with Crippen LogP contribution in [0.4, 0.5) is 11.4 Å². The highest BCUT2D eigenvalue weighted by atomic mass is 32.1. The van der Waals surface area contributed by atoms with Gasteiger partial charge in [0.2, 0.25) is 0 Å². The summed E-state index contributed by atoms with van der Waals surface area (Å²) in [5.41, 5.74) is 2.76. The van der Waals surface area contributed by atoms with Crippen molar-refractivity contribution in [2.24, 2.45) is 0 Å². The molecule has 0 bridgehead atoms. The van der Waals surface area contributed by atoms with E-state index in [0.29, 0.717) is 10.2 Å². The van der Waals surface area contributed by atoms with Crippen LogP contribution in [0.3, 0.4) is 0 Å². The van der Waals surface area contributed by atoms with Crippen LogP contribution in [-0.4, -0.2) is 31.2 Å². The van der Waals surface area contributed by atoms with Crippen LogP contribution in [-0.2, 0) is 0 Å². The van der Waals surface area contributed by atoms with Crippen molar-refractivity contribution in [1.29, 1.82) is 5.26 Å². The Kier molecular flexibility index (Phi) is 3.89. The summed E-state index contributed by atoms with van der Waals surface area (Å²) in [7, 11) is 0. The van der Waals surface area contributed by atoms with Crippen LogP contribution < -0.4 is 9.80 Å². The van der Waals surface area contributed by atoms with Crippen molar-refractivity contribution in [3.63, 3.8) is 0 Å². The number of hydrogen-bond donors (Lipinski definition) is 1. The fraction of sp³-hybridized carbons (Fsp3) is 0.250. The molecule has 2 heterocycles. The van der Waals surface area contributed by atoms with Crippen LogP contribution in [0.25, 0.3) is 0 Å². The smallest absolute Gasteiger partial charge is 0.123 e. The number of rotatable bonds is 2. The third-order valence-corrected chi connectivity index (χ3v) is 4.11. The van der Waals surface area contributed by atoms with Gasteiger partial charge in [-0.1, -0.05) is 30.4 Å². The second-order valence-corrected chi connectivity index (χ2v) is 5.40. The van der Waals surface area contributed by atoms with Crippen molar-refractivity contribution in [1.82, 2.24) is 4.98 Å². The number of benzene rings is 1. The molecule has 0 unspecified atom stereocenters. The summed E-state index contributed by atoms with van der Waals surface area (Å²) >= 11 is 5.19. The first-order valence-corrected chi connectivity index (χ1v) is 7.37. The first-order chi connectivity index (χ1) is 10.3. The van der Waals surface area contributed by atoms with E-state index in [-0.39, 0.29) is 0 Å². The molecule has 0 spiro atoms.